The number of hydrogen-bond acceptors (Lipinski definition) is 5. The van der Waals surface area contributed by atoms with Crippen LogP contribution in [-0.4, -0.2) is 66.3 Å². The Morgan fingerprint density at radius 1 is 1.13 bits per heavy atom. The molecular formula is C21H24N4O4S. The number of hydrogen-bond donors (Lipinski definition) is 1. The van der Waals surface area contributed by atoms with E-state index in [0.717, 1.165) is 11.3 Å². The SMILES string of the molecule is CCOc1ccc(CC(=O)N2CCN(S(=O)(=O)c3c[nH]c4ncccc34)CC2)cc1. The molecule has 30 heavy (non-hydrogen) atoms. The lowest BCUT2D eigenvalue weighted by Gasteiger charge is -2.34. The molecule has 3 aromatic rings. The second-order valence-electron chi connectivity index (χ2n) is 7.09. The fraction of sp³-hybridized carbons (Fsp3) is 0.333. The number of piperazine rings is 1. The van der Waals surface area contributed by atoms with Crippen LogP contribution in [0.1, 0.15) is 12.5 Å². The fourth-order valence-corrected chi connectivity index (χ4v) is 5.19. The summed E-state index contributed by atoms with van der Waals surface area (Å²) in [6.07, 6.45) is 3.38. The molecule has 1 aromatic carbocycles. The standard InChI is InChI=1S/C21H24N4O4S/c1-2-29-17-7-5-16(6-8-17)14-20(26)24-10-12-25(13-11-24)30(27,28)19-15-23-21-18(19)4-3-9-22-21/h3-9,15H,2,10-14H2,1H3,(H,22,23). The molecule has 1 saturated heterocycles. The van der Waals surface area contributed by atoms with Gasteiger partial charge in [-0.15, -0.1) is 0 Å². The van der Waals surface area contributed by atoms with Gasteiger partial charge in [0.2, 0.25) is 15.9 Å². The van der Waals surface area contributed by atoms with Gasteiger partial charge in [0.25, 0.3) is 0 Å². The molecule has 9 heteroatoms. The van der Waals surface area contributed by atoms with Crippen molar-refractivity contribution in [3.8, 4) is 5.75 Å². The molecule has 2 aromatic heterocycles. The Kier molecular flexibility index (Phi) is 5.74. The number of pyridine rings is 1. The predicted octanol–water partition coefficient (Wildman–Crippen LogP) is 2.04. The Morgan fingerprint density at radius 3 is 2.57 bits per heavy atom. The first-order valence-corrected chi connectivity index (χ1v) is 11.3. The molecule has 1 aliphatic rings. The topological polar surface area (TPSA) is 95.6 Å². The minimum absolute atomic E-state index is 0.00694. The zero-order valence-electron chi connectivity index (χ0n) is 16.7. The van der Waals surface area contributed by atoms with E-state index in [1.807, 2.05) is 31.2 Å². The van der Waals surface area contributed by atoms with Crippen LogP contribution < -0.4 is 4.74 Å². The van der Waals surface area contributed by atoms with Crippen LogP contribution in [0.2, 0.25) is 0 Å². The van der Waals surface area contributed by atoms with Crippen molar-refractivity contribution in [3.05, 3.63) is 54.4 Å². The maximum Gasteiger partial charge on any atom is 0.245 e. The number of rotatable bonds is 6. The van der Waals surface area contributed by atoms with Crippen LogP contribution in [0.25, 0.3) is 11.0 Å². The Hall–Kier alpha value is -2.91. The number of benzene rings is 1. The smallest absolute Gasteiger partial charge is 0.245 e. The van der Waals surface area contributed by atoms with E-state index in [1.54, 1.807) is 23.2 Å². The highest BCUT2D eigenvalue weighted by atomic mass is 32.2. The number of carbonyl (C=O) groups is 1. The third-order valence-corrected chi connectivity index (χ3v) is 7.15. The van der Waals surface area contributed by atoms with Gasteiger partial charge < -0.3 is 14.6 Å². The van der Waals surface area contributed by atoms with Gasteiger partial charge in [0.05, 0.1) is 13.0 Å². The summed E-state index contributed by atoms with van der Waals surface area (Å²) in [6.45, 7) is 3.80. The maximum atomic E-state index is 13.1. The summed E-state index contributed by atoms with van der Waals surface area (Å²) in [4.78, 5) is 21.7. The average Bonchev–Trinajstić information content (AvgIpc) is 3.20. The summed E-state index contributed by atoms with van der Waals surface area (Å²) in [5.74, 6) is 0.771. The first kappa shape index (κ1) is 20.4. The van der Waals surface area contributed by atoms with Gasteiger partial charge in [-0.2, -0.15) is 4.31 Å². The van der Waals surface area contributed by atoms with Crippen LogP contribution >= 0.6 is 0 Å². The van der Waals surface area contributed by atoms with Crippen molar-refractivity contribution >= 4 is 27.0 Å². The lowest BCUT2D eigenvalue weighted by Crippen LogP contribution is -2.50. The molecule has 0 aliphatic carbocycles. The second-order valence-corrected chi connectivity index (χ2v) is 9.00. The minimum atomic E-state index is -3.65. The van der Waals surface area contributed by atoms with Crippen molar-refractivity contribution in [2.24, 2.45) is 0 Å². The van der Waals surface area contributed by atoms with Gasteiger partial charge in [-0.25, -0.2) is 13.4 Å². The van der Waals surface area contributed by atoms with Crippen molar-refractivity contribution < 1.29 is 17.9 Å². The Labute approximate surface area is 175 Å². The van der Waals surface area contributed by atoms with Crippen molar-refractivity contribution in [1.82, 2.24) is 19.2 Å². The van der Waals surface area contributed by atoms with Crippen LogP contribution in [0, 0.1) is 0 Å². The molecule has 1 aliphatic heterocycles. The highest BCUT2D eigenvalue weighted by Crippen LogP contribution is 2.25. The van der Waals surface area contributed by atoms with Gasteiger partial charge in [-0.05, 0) is 36.8 Å². The molecule has 4 rings (SSSR count). The van der Waals surface area contributed by atoms with Gasteiger partial charge >= 0.3 is 0 Å². The van der Waals surface area contributed by atoms with Crippen molar-refractivity contribution in [1.29, 1.82) is 0 Å². The number of carbonyl (C=O) groups excluding carboxylic acids is 1. The lowest BCUT2D eigenvalue weighted by molar-refractivity contribution is -0.131. The van der Waals surface area contributed by atoms with Crippen molar-refractivity contribution in [3.63, 3.8) is 0 Å². The van der Waals surface area contributed by atoms with E-state index in [0.29, 0.717) is 30.7 Å². The molecular weight excluding hydrogens is 404 g/mol. The minimum Gasteiger partial charge on any atom is -0.494 e. The van der Waals surface area contributed by atoms with Crippen molar-refractivity contribution in [2.45, 2.75) is 18.2 Å². The highest BCUT2D eigenvalue weighted by molar-refractivity contribution is 7.89. The van der Waals surface area contributed by atoms with Crippen LogP contribution in [0.4, 0.5) is 0 Å². The molecule has 158 valence electrons. The third kappa shape index (κ3) is 4.03. The van der Waals surface area contributed by atoms with Gasteiger partial charge in [0.15, 0.2) is 0 Å². The normalized spacial score (nSPS) is 15.4. The Morgan fingerprint density at radius 2 is 1.87 bits per heavy atom. The van der Waals surface area contributed by atoms with E-state index in [4.69, 9.17) is 4.74 Å². The maximum absolute atomic E-state index is 13.1. The number of ether oxygens (including phenoxy) is 1. The van der Waals surface area contributed by atoms with Gasteiger partial charge in [0.1, 0.15) is 16.3 Å². The first-order valence-electron chi connectivity index (χ1n) is 9.91. The molecule has 3 heterocycles. The lowest BCUT2D eigenvalue weighted by atomic mass is 10.1. The average molecular weight is 429 g/mol. The molecule has 1 amide bonds. The molecule has 0 saturated carbocycles. The van der Waals surface area contributed by atoms with E-state index >= 15 is 0 Å². The largest absolute Gasteiger partial charge is 0.494 e. The van der Waals surface area contributed by atoms with E-state index in [-0.39, 0.29) is 30.3 Å². The molecule has 0 bridgehead atoms. The fourth-order valence-electron chi connectivity index (χ4n) is 3.62. The number of amides is 1. The number of H-pyrrole nitrogens is 1. The summed E-state index contributed by atoms with van der Waals surface area (Å²) in [7, 11) is -3.65. The Bertz CT molecular complexity index is 1130. The summed E-state index contributed by atoms with van der Waals surface area (Å²) < 4.78 is 33.0. The van der Waals surface area contributed by atoms with Crippen LogP contribution in [-0.2, 0) is 21.2 Å². The molecule has 0 radical (unpaired) electrons. The number of aromatic nitrogens is 2. The molecule has 0 atom stereocenters. The molecule has 0 spiro atoms. The number of nitrogens with zero attached hydrogens (tertiary/aromatic N) is 3. The van der Waals surface area contributed by atoms with Gasteiger partial charge in [0, 0.05) is 44.0 Å². The van der Waals surface area contributed by atoms with E-state index < -0.39 is 10.0 Å². The molecule has 8 nitrogen and oxygen atoms in total. The monoisotopic (exact) mass is 428 g/mol. The zero-order chi connectivity index (χ0) is 21.1. The second kappa shape index (κ2) is 8.45. The summed E-state index contributed by atoms with van der Waals surface area (Å²) >= 11 is 0. The number of nitrogens with one attached hydrogen (secondary N) is 1. The van der Waals surface area contributed by atoms with Gasteiger partial charge in [-0.1, -0.05) is 12.1 Å². The van der Waals surface area contributed by atoms with E-state index in [9.17, 15) is 13.2 Å². The Balaban J connectivity index is 1.39. The van der Waals surface area contributed by atoms with Crippen LogP contribution in [0.15, 0.2) is 53.7 Å². The number of aromatic amines is 1. The third-order valence-electron chi connectivity index (χ3n) is 5.21. The first-order chi connectivity index (χ1) is 14.5. The van der Waals surface area contributed by atoms with Gasteiger partial charge in [-0.3, -0.25) is 4.79 Å². The van der Waals surface area contributed by atoms with E-state index in [1.165, 1.54) is 10.5 Å². The quantitative estimate of drug-likeness (QED) is 0.648. The predicted molar refractivity (Wildman–Crippen MR) is 113 cm³/mol. The van der Waals surface area contributed by atoms with E-state index in [2.05, 4.69) is 9.97 Å². The summed E-state index contributed by atoms with van der Waals surface area (Å²) in [5.41, 5.74) is 1.45. The number of sulfonamides is 1. The molecule has 1 N–H and O–H groups in total. The van der Waals surface area contributed by atoms with Crippen LogP contribution in [0.3, 0.4) is 0 Å². The highest BCUT2D eigenvalue weighted by Gasteiger charge is 2.31. The molecule has 1 fully saturated rings. The van der Waals surface area contributed by atoms with Crippen LogP contribution in [0.5, 0.6) is 5.75 Å². The van der Waals surface area contributed by atoms with Crippen molar-refractivity contribution in [2.75, 3.05) is 32.8 Å². The summed E-state index contributed by atoms with van der Waals surface area (Å²) in [5, 5.41) is 0.575. The number of fused-ring (bicyclic) bond motifs is 1. The zero-order valence-corrected chi connectivity index (χ0v) is 17.6. The summed E-state index contributed by atoms with van der Waals surface area (Å²) in [6, 6.07) is 10.9. The molecule has 0 unspecified atom stereocenters.